The van der Waals surface area contributed by atoms with E-state index < -0.39 is 0 Å². The molecular formula is C9H13NO3. The number of ketones is 1. The molecule has 0 N–H and O–H groups in total. The van der Waals surface area contributed by atoms with E-state index in [9.17, 15) is 9.59 Å². The van der Waals surface area contributed by atoms with Crippen molar-refractivity contribution in [3.63, 3.8) is 0 Å². The number of amides is 1. The molecule has 0 bridgehead atoms. The van der Waals surface area contributed by atoms with Gasteiger partial charge in [0.1, 0.15) is 6.04 Å². The number of nitrogens with zero attached hydrogens (tertiary/aromatic N) is 1. The monoisotopic (exact) mass is 183 g/mol. The summed E-state index contributed by atoms with van der Waals surface area (Å²) in [6, 6.07) is -0.271. The summed E-state index contributed by atoms with van der Waals surface area (Å²) in [6.45, 7) is 3.19. The predicted octanol–water partition coefficient (Wildman–Crippen LogP) is -0.0348. The minimum Gasteiger partial charge on any atom is -0.376 e. The van der Waals surface area contributed by atoms with Gasteiger partial charge in [0.05, 0.1) is 12.5 Å². The van der Waals surface area contributed by atoms with E-state index in [4.69, 9.17) is 4.74 Å². The van der Waals surface area contributed by atoms with E-state index in [1.807, 2.05) is 6.92 Å². The minimum atomic E-state index is -0.271. The standard InChI is InChI=1S/C9H13NO3/c1-2-13-7-3-4-10-8(12)5-6(11)9(7)10/h7,9H,2-5H2,1H3. The van der Waals surface area contributed by atoms with Gasteiger partial charge in [0.25, 0.3) is 0 Å². The Morgan fingerprint density at radius 2 is 2.31 bits per heavy atom. The van der Waals surface area contributed by atoms with Gasteiger partial charge in [-0.05, 0) is 13.3 Å². The maximum absolute atomic E-state index is 11.4. The fourth-order valence-corrected chi connectivity index (χ4v) is 2.17. The average molecular weight is 183 g/mol. The molecule has 2 fully saturated rings. The highest BCUT2D eigenvalue weighted by Gasteiger charge is 2.47. The molecule has 2 heterocycles. The van der Waals surface area contributed by atoms with Crippen molar-refractivity contribution >= 4 is 11.7 Å². The third-order valence-electron chi connectivity index (χ3n) is 2.70. The highest BCUT2D eigenvalue weighted by molar-refractivity contribution is 6.08. The smallest absolute Gasteiger partial charge is 0.230 e. The Kier molecular flexibility index (Phi) is 2.07. The number of rotatable bonds is 2. The van der Waals surface area contributed by atoms with Gasteiger partial charge in [-0.25, -0.2) is 0 Å². The third-order valence-corrected chi connectivity index (χ3v) is 2.70. The van der Waals surface area contributed by atoms with E-state index in [-0.39, 0.29) is 30.3 Å². The van der Waals surface area contributed by atoms with Gasteiger partial charge in [-0.15, -0.1) is 0 Å². The van der Waals surface area contributed by atoms with Crippen LogP contribution in [0.25, 0.3) is 0 Å². The molecular weight excluding hydrogens is 170 g/mol. The third kappa shape index (κ3) is 1.25. The Bertz CT molecular complexity index is 251. The molecule has 2 rings (SSSR count). The molecule has 2 aliphatic rings. The number of hydrogen-bond donors (Lipinski definition) is 0. The largest absolute Gasteiger partial charge is 0.376 e. The lowest BCUT2D eigenvalue weighted by molar-refractivity contribution is -0.128. The van der Waals surface area contributed by atoms with Crippen molar-refractivity contribution in [2.75, 3.05) is 13.2 Å². The van der Waals surface area contributed by atoms with Gasteiger partial charge >= 0.3 is 0 Å². The van der Waals surface area contributed by atoms with Crippen molar-refractivity contribution in [1.29, 1.82) is 0 Å². The number of hydrogen-bond acceptors (Lipinski definition) is 3. The molecule has 0 aliphatic carbocycles. The summed E-state index contributed by atoms with van der Waals surface area (Å²) in [5, 5.41) is 0. The van der Waals surface area contributed by atoms with Crippen LogP contribution in [0.15, 0.2) is 0 Å². The molecule has 2 unspecified atom stereocenters. The van der Waals surface area contributed by atoms with Crippen molar-refractivity contribution < 1.29 is 14.3 Å². The summed E-state index contributed by atoms with van der Waals surface area (Å²) in [7, 11) is 0. The Balaban J connectivity index is 2.13. The van der Waals surface area contributed by atoms with Crippen LogP contribution in [0.5, 0.6) is 0 Å². The van der Waals surface area contributed by atoms with Gasteiger partial charge in [-0.2, -0.15) is 0 Å². The molecule has 72 valence electrons. The summed E-state index contributed by atoms with van der Waals surface area (Å²) < 4.78 is 5.42. The second-order valence-corrected chi connectivity index (χ2v) is 3.46. The van der Waals surface area contributed by atoms with Crippen molar-refractivity contribution in [1.82, 2.24) is 4.90 Å². The minimum absolute atomic E-state index is 0.0287. The maximum atomic E-state index is 11.4. The topological polar surface area (TPSA) is 46.6 Å². The lowest BCUT2D eigenvalue weighted by Gasteiger charge is -2.18. The van der Waals surface area contributed by atoms with Crippen molar-refractivity contribution in [3.8, 4) is 0 Å². The molecule has 0 saturated carbocycles. The predicted molar refractivity (Wildman–Crippen MR) is 45.2 cm³/mol. The van der Waals surface area contributed by atoms with E-state index in [2.05, 4.69) is 0 Å². The van der Waals surface area contributed by atoms with Crippen LogP contribution >= 0.6 is 0 Å². The second-order valence-electron chi connectivity index (χ2n) is 3.46. The first-order chi connectivity index (χ1) is 6.24. The summed E-state index contributed by atoms with van der Waals surface area (Å²) >= 11 is 0. The second kappa shape index (κ2) is 3.10. The van der Waals surface area contributed by atoms with Gasteiger partial charge in [0.15, 0.2) is 5.78 Å². The molecule has 4 nitrogen and oxygen atoms in total. The number of ether oxygens (including phenoxy) is 1. The highest BCUT2D eigenvalue weighted by atomic mass is 16.5. The Morgan fingerprint density at radius 3 is 3.00 bits per heavy atom. The van der Waals surface area contributed by atoms with E-state index in [0.29, 0.717) is 13.2 Å². The Labute approximate surface area is 76.8 Å². The van der Waals surface area contributed by atoms with Gasteiger partial charge in [-0.3, -0.25) is 9.59 Å². The molecule has 2 atom stereocenters. The fraction of sp³-hybridized carbons (Fsp3) is 0.778. The number of carbonyl (C=O) groups excluding carboxylic acids is 2. The van der Waals surface area contributed by atoms with Crippen molar-refractivity contribution in [3.05, 3.63) is 0 Å². The zero-order valence-electron chi connectivity index (χ0n) is 7.66. The normalized spacial score (nSPS) is 32.8. The zero-order chi connectivity index (χ0) is 9.42. The van der Waals surface area contributed by atoms with Crippen LogP contribution < -0.4 is 0 Å². The van der Waals surface area contributed by atoms with Crippen LogP contribution in [-0.4, -0.2) is 41.9 Å². The van der Waals surface area contributed by atoms with Crippen molar-refractivity contribution in [2.45, 2.75) is 31.9 Å². The van der Waals surface area contributed by atoms with Crippen LogP contribution in [0, 0.1) is 0 Å². The summed E-state index contributed by atoms with van der Waals surface area (Å²) in [5.74, 6) is -0.00171. The maximum Gasteiger partial charge on any atom is 0.230 e. The van der Waals surface area contributed by atoms with Gasteiger partial charge < -0.3 is 9.64 Å². The first-order valence-corrected chi connectivity index (χ1v) is 4.68. The zero-order valence-corrected chi connectivity index (χ0v) is 7.66. The molecule has 1 amide bonds. The Hall–Kier alpha value is -0.900. The Morgan fingerprint density at radius 1 is 1.54 bits per heavy atom. The molecule has 0 spiro atoms. The average Bonchev–Trinajstić information content (AvgIpc) is 2.58. The molecule has 0 aromatic heterocycles. The lowest BCUT2D eigenvalue weighted by Crippen LogP contribution is -2.36. The molecule has 13 heavy (non-hydrogen) atoms. The van der Waals surface area contributed by atoms with E-state index in [1.54, 1.807) is 4.90 Å². The molecule has 0 aromatic rings. The first-order valence-electron chi connectivity index (χ1n) is 4.68. The van der Waals surface area contributed by atoms with Gasteiger partial charge in [0, 0.05) is 13.2 Å². The summed E-state index contributed by atoms with van der Waals surface area (Å²) in [6.07, 6.45) is 0.827. The highest BCUT2D eigenvalue weighted by Crippen LogP contribution is 2.28. The van der Waals surface area contributed by atoms with E-state index in [0.717, 1.165) is 6.42 Å². The molecule has 0 radical (unpaired) electrons. The summed E-state index contributed by atoms with van der Waals surface area (Å²) in [5.41, 5.74) is 0. The molecule has 4 heteroatoms. The number of Topliss-reactive ketones (excluding diaryl/α,β-unsaturated/α-hetero) is 1. The molecule has 2 saturated heterocycles. The first kappa shape index (κ1) is 8.69. The lowest BCUT2D eigenvalue weighted by atomic mass is 10.1. The summed E-state index contributed by atoms with van der Waals surface area (Å²) in [4.78, 5) is 24.3. The van der Waals surface area contributed by atoms with E-state index in [1.165, 1.54) is 0 Å². The number of carbonyl (C=O) groups is 2. The SMILES string of the molecule is CCOC1CCN2C(=O)CC(=O)C12. The van der Waals surface area contributed by atoms with Gasteiger partial charge in [-0.1, -0.05) is 0 Å². The van der Waals surface area contributed by atoms with Crippen LogP contribution in [0.4, 0.5) is 0 Å². The van der Waals surface area contributed by atoms with Crippen LogP contribution in [0.2, 0.25) is 0 Å². The van der Waals surface area contributed by atoms with Crippen molar-refractivity contribution in [2.24, 2.45) is 0 Å². The van der Waals surface area contributed by atoms with Gasteiger partial charge in [0.2, 0.25) is 5.91 Å². The quantitative estimate of drug-likeness (QED) is 0.564. The van der Waals surface area contributed by atoms with Crippen LogP contribution in [0.3, 0.4) is 0 Å². The fourth-order valence-electron chi connectivity index (χ4n) is 2.17. The number of fused-ring (bicyclic) bond motifs is 1. The van der Waals surface area contributed by atoms with Crippen LogP contribution in [0.1, 0.15) is 19.8 Å². The molecule has 2 aliphatic heterocycles. The van der Waals surface area contributed by atoms with E-state index >= 15 is 0 Å². The molecule has 0 aromatic carbocycles. The van der Waals surface area contributed by atoms with Crippen LogP contribution in [-0.2, 0) is 14.3 Å².